The van der Waals surface area contributed by atoms with E-state index in [1.807, 2.05) is 60.7 Å². The van der Waals surface area contributed by atoms with Crippen LogP contribution in [-0.4, -0.2) is 12.1 Å². The van der Waals surface area contributed by atoms with Crippen molar-refractivity contribution in [3.63, 3.8) is 0 Å². The van der Waals surface area contributed by atoms with Crippen LogP contribution in [0.1, 0.15) is 17.0 Å². The van der Waals surface area contributed by atoms with Gasteiger partial charge in [-0.3, -0.25) is 0 Å². The number of ether oxygens (including phenoxy) is 2. The number of methoxy groups -OCH3 is 1. The molecular weight excluding hydrogens is 486 g/mol. The second kappa shape index (κ2) is 9.04. The third-order valence-corrected chi connectivity index (χ3v) is 7.29. The van der Waals surface area contributed by atoms with Crippen molar-refractivity contribution < 1.29 is 13.9 Å². The van der Waals surface area contributed by atoms with E-state index >= 15 is 0 Å². The van der Waals surface area contributed by atoms with Gasteiger partial charge in [0.15, 0.2) is 5.75 Å². The first kappa shape index (κ1) is 22.7. The van der Waals surface area contributed by atoms with Gasteiger partial charge in [0.05, 0.1) is 29.5 Å². The summed E-state index contributed by atoms with van der Waals surface area (Å²) in [5.41, 5.74) is 7.78. The van der Waals surface area contributed by atoms with Gasteiger partial charge >= 0.3 is 5.63 Å². The van der Waals surface area contributed by atoms with Crippen molar-refractivity contribution in [3.05, 3.63) is 112 Å². The molecule has 0 bridgehead atoms. The molecule has 0 aliphatic carbocycles. The number of para-hydroxylation sites is 1. The van der Waals surface area contributed by atoms with Gasteiger partial charge in [0.25, 0.3) is 0 Å². The molecule has 0 fully saturated rings. The molecule has 0 saturated carbocycles. The molecule has 1 atom stereocenters. The maximum absolute atomic E-state index is 13.4. The van der Waals surface area contributed by atoms with E-state index in [0.29, 0.717) is 27.3 Å². The van der Waals surface area contributed by atoms with Crippen LogP contribution >= 0.6 is 11.8 Å². The first-order valence-corrected chi connectivity index (χ1v) is 12.2. The highest BCUT2D eigenvalue weighted by Crippen LogP contribution is 2.47. The summed E-state index contributed by atoms with van der Waals surface area (Å²) in [7, 11) is 1.59. The highest BCUT2D eigenvalue weighted by atomic mass is 32.2. The Hall–Kier alpha value is -4.74. The largest absolute Gasteiger partial charge is 0.497 e. The van der Waals surface area contributed by atoms with Crippen LogP contribution in [0.4, 0.5) is 0 Å². The Balaban J connectivity index is 1.68. The molecule has 0 saturated heterocycles. The molecule has 180 valence electrons. The summed E-state index contributed by atoms with van der Waals surface area (Å²) in [6, 6.07) is 26.5. The predicted molar refractivity (Wildman–Crippen MR) is 141 cm³/mol. The van der Waals surface area contributed by atoms with Crippen LogP contribution < -0.4 is 20.8 Å². The Morgan fingerprint density at radius 3 is 2.62 bits per heavy atom. The molecular formula is C29H19N3O4S. The zero-order chi connectivity index (χ0) is 25.5. The summed E-state index contributed by atoms with van der Waals surface area (Å²) in [6.45, 7) is 0. The maximum atomic E-state index is 13.4. The minimum Gasteiger partial charge on any atom is -0.497 e. The highest BCUT2D eigenvalue weighted by Gasteiger charge is 2.37. The third-order valence-electron chi connectivity index (χ3n) is 6.26. The Labute approximate surface area is 215 Å². The molecule has 1 unspecified atom stereocenters. The lowest BCUT2D eigenvalue weighted by atomic mass is 9.84. The second-order valence-electron chi connectivity index (χ2n) is 8.41. The van der Waals surface area contributed by atoms with E-state index in [2.05, 4.69) is 6.07 Å². The van der Waals surface area contributed by atoms with E-state index in [9.17, 15) is 10.1 Å². The summed E-state index contributed by atoms with van der Waals surface area (Å²) >= 11 is 1.44. The molecule has 37 heavy (non-hydrogen) atoms. The lowest BCUT2D eigenvalue weighted by molar-refractivity contribution is 0.387. The molecule has 0 amide bonds. The van der Waals surface area contributed by atoms with E-state index in [-0.39, 0.29) is 22.8 Å². The average molecular weight is 506 g/mol. The van der Waals surface area contributed by atoms with Gasteiger partial charge in [0.1, 0.15) is 28.0 Å². The number of rotatable bonds is 4. The van der Waals surface area contributed by atoms with Crippen molar-refractivity contribution in [3.8, 4) is 17.6 Å². The maximum Gasteiger partial charge on any atom is 0.344 e. The van der Waals surface area contributed by atoms with E-state index in [0.717, 1.165) is 15.8 Å². The van der Waals surface area contributed by atoms with Gasteiger partial charge in [-0.1, -0.05) is 42.1 Å². The normalized spacial score (nSPS) is 14.8. The van der Waals surface area contributed by atoms with Crippen molar-refractivity contribution in [1.29, 1.82) is 5.26 Å². The fourth-order valence-electron chi connectivity index (χ4n) is 4.55. The molecule has 7 nitrogen and oxygen atoms in total. The smallest absolute Gasteiger partial charge is 0.344 e. The van der Waals surface area contributed by atoms with Gasteiger partial charge < -0.3 is 19.6 Å². The van der Waals surface area contributed by atoms with Gasteiger partial charge in [0.2, 0.25) is 5.88 Å². The molecule has 1 aliphatic rings. The zero-order valence-corrected chi connectivity index (χ0v) is 20.4. The molecule has 2 N–H and O–H groups in total. The molecule has 8 heteroatoms. The van der Waals surface area contributed by atoms with Crippen molar-refractivity contribution in [1.82, 2.24) is 4.98 Å². The number of hydrogen-bond acceptors (Lipinski definition) is 8. The Bertz CT molecular complexity index is 1820. The van der Waals surface area contributed by atoms with Gasteiger partial charge in [-0.25, -0.2) is 9.78 Å². The van der Waals surface area contributed by atoms with E-state index < -0.39 is 11.5 Å². The molecule has 1 aliphatic heterocycles. The van der Waals surface area contributed by atoms with Crippen LogP contribution in [0.15, 0.2) is 109 Å². The monoisotopic (exact) mass is 505 g/mol. The molecule has 2 aromatic heterocycles. The van der Waals surface area contributed by atoms with E-state index in [1.54, 1.807) is 25.3 Å². The number of nitriles is 1. The molecule has 0 spiro atoms. The van der Waals surface area contributed by atoms with Crippen LogP contribution in [0.2, 0.25) is 0 Å². The molecule has 0 radical (unpaired) electrons. The van der Waals surface area contributed by atoms with Gasteiger partial charge in [-0.15, -0.1) is 0 Å². The number of nitrogens with zero attached hydrogens (tertiary/aromatic N) is 2. The summed E-state index contributed by atoms with van der Waals surface area (Å²) in [5, 5.41) is 12.2. The Morgan fingerprint density at radius 2 is 1.84 bits per heavy atom. The van der Waals surface area contributed by atoms with Gasteiger partial charge in [0, 0.05) is 10.3 Å². The quantitative estimate of drug-likeness (QED) is 0.309. The lowest BCUT2D eigenvalue weighted by Crippen LogP contribution is -2.26. The topological polar surface area (TPSA) is 111 Å². The first-order chi connectivity index (χ1) is 18.1. The van der Waals surface area contributed by atoms with Crippen molar-refractivity contribution in [2.75, 3.05) is 7.11 Å². The van der Waals surface area contributed by atoms with E-state index in [4.69, 9.17) is 24.6 Å². The van der Waals surface area contributed by atoms with Crippen LogP contribution in [-0.2, 0) is 0 Å². The SMILES string of the molecule is COc1ccc2nc(Sc3ccccc3)c(C3C(C#N)=C(N)Oc4c3c(=O)oc3ccccc43)cc2c1. The summed E-state index contributed by atoms with van der Waals surface area (Å²) in [4.78, 5) is 19.3. The van der Waals surface area contributed by atoms with Crippen molar-refractivity contribution in [2.45, 2.75) is 15.8 Å². The fraction of sp³-hybridized carbons (Fsp3) is 0.0690. The van der Waals surface area contributed by atoms with Crippen LogP contribution in [0, 0.1) is 11.3 Å². The summed E-state index contributed by atoms with van der Waals surface area (Å²) in [6.07, 6.45) is 0. The molecule has 3 aromatic carbocycles. The van der Waals surface area contributed by atoms with Crippen LogP contribution in [0.5, 0.6) is 11.5 Å². The molecule has 3 heterocycles. The van der Waals surface area contributed by atoms with E-state index in [1.165, 1.54) is 11.8 Å². The standard InChI is InChI=1S/C29H19N3O4S/c1-34-17-11-12-22-16(13-17)14-20(28(32-22)37-18-7-3-2-4-8-18)24-21(15-30)27(31)36-26-19-9-5-6-10-23(19)35-29(33)25(24)26/h2-14,24H,31H2,1H3. The zero-order valence-electron chi connectivity index (χ0n) is 19.6. The summed E-state index contributed by atoms with van der Waals surface area (Å²) < 4.78 is 17.0. The Morgan fingerprint density at radius 1 is 1.05 bits per heavy atom. The van der Waals surface area contributed by atoms with Crippen LogP contribution in [0.3, 0.4) is 0 Å². The predicted octanol–water partition coefficient (Wildman–Crippen LogP) is 5.72. The summed E-state index contributed by atoms with van der Waals surface area (Å²) in [5.74, 6) is 0.0491. The Kier molecular flexibility index (Phi) is 5.55. The third kappa shape index (κ3) is 3.86. The number of benzene rings is 3. The molecule has 6 rings (SSSR count). The van der Waals surface area contributed by atoms with Gasteiger partial charge in [-0.2, -0.15) is 5.26 Å². The van der Waals surface area contributed by atoms with Crippen molar-refractivity contribution in [2.24, 2.45) is 5.73 Å². The fourth-order valence-corrected chi connectivity index (χ4v) is 5.50. The number of allylic oxidation sites excluding steroid dienone is 1. The highest BCUT2D eigenvalue weighted by molar-refractivity contribution is 7.99. The molecule has 5 aromatic rings. The number of hydrogen-bond donors (Lipinski definition) is 1. The number of pyridine rings is 1. The lowest BCUT2D eigenvalue weighted by Gasteiger charge is -2.27. The first-order valence-electron chi connectivity index (χ1n) is 11.4. The average Bonchev–Trinajstić information content (AvgIpc) is 2.92. The van der Waals surface area contributed by atoms with Crippen molar-refractivity contribution >= 4 is 33.6 Å². The number of aromatic nitrogens is 1. The second-order valence-corrected chi connectivity index (χ2v) is 9.47. The van der Waals surface area contributed by atoms with Crippen LogP contribution in [0.25, 0.3) is 21.9 Å². The minimum atomic E-state index is -0.844. The minimum absolute atomic E-state index is 0.0582. The number of fused-ring (bicyclic) bond motifs is 4. The number of nitrogens with two attached hydrogens (primary N) is 1. The van der Waals surface area contributed by atoms with Gasteiger partial charge in [-0.05, 0) is 54.1 Å².